The van der Waals surface area contributed by atoms with Crippen LogP contribution in [-0.4, -0.2) is 9.78 Å². The van der Waals surface area contributed by atoms with Crippen molar-refractivity contribution in [1.29, 1.82) is 0 Å². The van der Waals surface area contributed by atoms with E-state index < -0.39 is 0 Å². The van der Waals surface area contributed by atoms with Gasteiger partial charge in [-0.05, 0) is 35.0 Å². The van der Waals surface area contributed by atoms with Crippen LogP contribution in [0.15, 0.2) is 22.8 Å². The first-order chi connectivity index (χ1) is 6.24. The van der Waals surface area contributed by atoms with Gasteiger partial charge in [-0.3, -0.25) is 4.68 Å². The Bertz CT molecular complexity index is 450. The van der Waals surface area contributed by atoms with E-state index in [0.717, 1.165) is 26.9 Å². The molecule has 1 heterocycles. The fourth-order valence-corrected chi connectivity index (χ4v) is 1.94. The summed E-state index contributed by atoms with van der Waals surface area (Å²) < 4.78 is 2.81. The Kier molecular flexibility index (Phi) is 2.30. The van der Waals surface area contributed by atoms with Gasteiger partial charge in [0.2, 0.25) is 0 Å². The Labute approximate surface area is 89.6 Å². The Morgan fingerprint density at radius 2 is 2.31 bits per heavy atom. The zero-order chi connectivity index (χ0) is 9.42. The fraction of sp³-hybridized carbons (Fsp3) is 0.222. The molecule has 0 radical (unpaired) electrons. The van der Waals surface area contributed by atoms with Gasteiger partial charge in [0.15, 0.2) is 0 Å². The first kappa shape index (κ1) is 9.03. The minimum Gasteiger partial charge on any atom is -0.264 e. The van der Waals surface area contributed by atoms with E-state index in [4.69, 9.17) is 11.6 Å². The summed E-state index contributed by atoms with van der Waals surface area (Å²) in [4.78, 5) is 0. The third-order valence-electron chi connectivity index (χ3n) is 1.99. The molecule has 2 nitrogen and oxygen atoms in total. The van der Waals surface area contributed by atoms with Crippen molar-refractivity contribution in [1.82, 2.24) is 9.78 Å². The molecule has 0 saturated heterocycles. The number of benzene rings is 1. The van der Waals surface area contributed by atoms with Crippen LogP contribution in [0.2, 0.25) is 5.02 Å². The molecule has 0 saturated carbocycles. The third-order valence-corrected chi connectivity index (χ3v) is 3.27. The summed E-state index contributed by atoms with van der Waals surface area (Å²) in [5.74, 6) is 0. The second-order valence-electron chi connectivity index (χ2n) is 2.76. The predicted octanol–water partition coefficient (Wildman–Crippen LogP) is 3.47. The number of aryl methyl sites for hydroxylation is 1. The monoisotopic (exact) mass is 258 g/mol. The van der Waals surface area contributed by atoms with Crippen LogP contribution < -0.4 is 0 Å². The molecule has 4 heteroatoms. The van der Waals surface area contributed by atoms with Crippen LogP contribution in [0.4, 0.5) is 0 Å². The SMILES string of the molecule is CCn1ncc2ccc(Br)c(Cl)c21. The number of aromatic nitrogens is 2. The number of hydrogen-bond acceptors (Lipinski definition) is 1. The van der Waals surface area contributed by atoms with Gasteiger partial charge >= 0.3 is 0 Å². The van der Waals surface area contributed by atoms with Crippen molar-refractivity contribution in [3.8, 4) is 0 Å². The lowest BCUT2D eigenvalue weighted by Gasteiger charge is -2.01. The summed E-state index contributed by atoms with van der Waals surface area (Å²) in [5, 5.41) is 6.04. The van der Waals surface area contributed by atoms with Gasteiger partial charge in [0, 0.05) is 16.4 Å². The topological polar surface area (TPSA) is 17.8 Å². The Morgan fingerprint density at radius 3 is 3.00 bits per heavy atom. The van der Waals surface area contributed by atoms with Crippen molar-refractivity contribution in [2.24, 2.45) is 0 Å². The average molecular weight is 260 g/mol. The Morgan fingerprint density at radius 1 is 1.54 bits per heavy atom. The minimum absolute atomic E-state index is 0.733. The van der Waals surface area contributed by atoms with Gasteiger partial charge in [0.05, 0.1) is 16.7 Å². The van der Waals surface area contributed by atoms with Crippen LogP contribution in [0, 0.1) is 0 Å². The summed E-state index contributed by atoms with van der Waals surface area (Å²) in [6, 6.07) is 3.94. The minimum atomic E-state index is 0.733. The van der Waals surface area contributed by atoms with E-state index in [1.165, 1.54) is 0 Å². The van der Waals surface area contributed by atoms with E-state index in [1.807, 2.05) is 29.9 Å². The molecule has 68 valence electrons. The van der Waals surface area contributed by atoms with Crippen LogP contribution in [0.1, 0.15) is 6.92 Å². The molecule has 0 fully saturated rings. The molecule has 0 bridgehead atoms. The molecule has 0 aliphatic carbocycles. The first-order valence-electron chi connectivity index (χ1n) is 4.03. The maximum Gasteiger partial charge on any atom is 0.0879 e. The lowest BCUT2D eigenvalue weighted by atomic mass is 10.2. The molecular formula is C9H8BrClN2. The van der Waals surface area contributed by atoms with E-state index in [-0.39, 0.29) is 0 Å². The van der Waals surface area contributed by atoms with E-state index in [2.05, 4.69) is 21.0 Å². The Balaban J connectivity index is 2.85. The Hall–Kier alpha value is -0.540. The molecule has 0 aliphatic rings. The highest BCUT2D eigenvalue weighted by molar-refractivity contribution is 9.10. The van der Waals surface area contributed by atoms with Crippen molar-refractivity contribution in [3.05, 3.63) is 27.8 Å². The third kappa shape index (κ3) is 1.36. The van der Waals surface area contributed by atoms with E-state index in [1.54, 1.807) is 0 Å². The summed E-state index contributed by atoms with van der Waals surface area (Å²) in [6.45, 7) is 2.88. The second kappa shape index (κ2) is 3.31. The van der Waals surface area contributed by atoms with Crippen molar-refractivity contribution >= 4 is 38.4 Å². The molecule has 0 amide bonds. The highest BCUT2D eigenvalue weighted by atomic mass is 79.9. The molecule has 1 aromatic carbocycles. The molecule has 1 aromatic heterocycles. The van der Waals surface area contributed by atoms with Crippen molar-refractivity contribution in [3.63, 3.8) is 0 Å². The highest BCUT2D eigenvalue weighted by Crippen LogP contribution is 2.30. The van der Waals surface area contributed by atoms with Gasteiger partial charge in [0.1, 0.15) is 0 Å². The van der Waals surface area contributed by atoms with Gasteiger partial charge in [-0.25, -0.2) is 0 Å². The molecule has 0 aliphatic heterocycles. The van der Waals surface area contributed by atoms with Crippen molar-refractivity contribution in [2.75, 3.05) is 0 Å². The second-order valence-corrected chi connectivity index (χ2v) is 3.99. The first-order valence-corrected chi connectivity index (χ1v) is 5.20. The van der Waals surface area contributed by atoms with Crippen LogP contribution in [0.5, 0.6) is 0 Å². The van der Waals surface area contributed by atoms with E-state index >= 15 is 0 Å². The number of rotatable bonds is 1. The van der Waals surface area contributed by atoms with Crippen LogP contribution >= 0.6 is 27.5 Å². The molecule has 0 unspecified atom stereocenters. The molecule has 2 aromatic rings. The van der Waals surface area contributed by atoms with Gasteiger partial charge in [-0.15, -0.1) is 0 Å². The van der Waals surface area contributed by atoms with E-state index in [9.17, 15) is 0 Å². The average Bonchev–Trinajstić information content (AvgIpc) is 2.55. The van der Waals surface area contributed by atoms with Gasteiger partial charge in [-0.1, -0.05) is 11.6 Å². The fourth-order valence-electron chi connectivity index (χ4n) is 1.35. The number of halogens is 2. The van der Waals surface area contributed by atoms with E-state index in [0.29, 0.717) is 0 Å². The lowest BCUT2D eigenvalue weighted by Crippen LogP contribution is -1.95. The largest absolute Gasteiger partial charge is 0.264 e. The van der Waals surface area contributed by atoms with Crippen LogP contribution in [-0.2, 0) is 6.54 Å². The summed E-state index contributed by atoms with van der Waals surface area (Å²) in [5.41, 5.74) is 0.999. The maximum atomic E-state index is 6.14. The number of hydrogen-bond donors (Lipinski definition) is 0. The summed E-state index contributed by atoms with van der Waals surface area (Å²) in [7, 11) is 0. The molecule has 0 atom stereocenters. The zero-order valence-corrected chi connectivity index (χ0v) is 9.43. The summed E-state index contributed by atoms with van der Waals surface area (Å²) >= 11 is 9.53. The number of fused-ring (bicyclic) bond motifs is 1. The lowest BCUT2D eigenvalue weighted by molar-refractivity contribution is 0.684. The van der Waals surface area contributed by atoms with Gasteiger partial charge < -0.3 is 0 Å². The zero-order valence-electron chi connectivity index (χ0n) is 7.09. The highest BCUT2D eigenvalue weighted by Gasteiger charge is 2.07. The molecule has 0 N–H and O–H groups in total. The molecular weight excluding hydrogens is 251 g/mol. The number of nitrogens with zero attached hydrogens (tertiary/aromatic N) is 2. The van der Waals surface area contributed by atoms with Crippen molar-refractivity contribution in [2.45, 2.75) is 13.5 Å². The van der Waals surface area contributed by atoms with Crippen molar-refractivity contribution < 1.29 is 0 Å². The maximum absolute atomic E-state index is 6.14. The standard InChI is InChI=1S/C9H8BrClN2/c1-2-13-9-6(5-12-13)3-4-7(10)8(9)11/h3-5H,2H2,1H3. The normalized spacial score (nSPS) is 11.0. The molecule has 2 rings (SSSR count). The predicted molar refractivity (Wildman–Crippen MR) is 58.1 cm³/mol. The van der Waals surface area contributed by atoms with Crippen LogP contribution in [0.25, 0.3) is 10.9 Å². The van der Waals surface area contributed by atoms with Gasteiger partial charge in [-0.2, -0.15) is 5.10 Å². The molecule has 0 spiro atoms. The molecule has 13 heavy (non-hydrogen) atoms. The smallest absolute Gasteiger partial charge is 0.0879 e. The summed E-state index contributed by atoms with van der Waals surface area (Å²) in [6.07, 6.45) is 1.83. The van der Waals surface area contributed by atoms with Gasteiger partial charge in [0.25, 0.3) is 0 Å². The quantitative estimate of drug-likeness (QED) is 0.767. The van der Waals surface area contributed by atoms with Crippen LogP contribution in [0.3, 0.4) is 0 Å².